The summed E-state index contributed by atoms with van der Waals surface area (Å²) in [5, 5.41) is 3.48. The van der Waals surface area contributed by atoms with Gasteiger partial charge in [-0.2, -0.15) is 11.8 Å². The van der Waals surface area contributed by atoms with Gasteiger partial charge in [0.25, 0.3) is 0 Å². The molecule has 14 heavy (non-hydrogen) atoms. The Morgan fingerprint density at radius 3 is 2.79 bits per heavy atom. The van der Waals surface area contributed by atoms with Crippen molar-refractivity contribution >= 4 is 11.8 Å². The Balaban J connectivity index is 1.98. The third-order valence-electron chi connectivity index (χ3n) is 3.00. The van der Waals surface area contributed by atoms with Crippen molar-refractivity contribution in [3.05, 3.63) is 0 Å². The molecular formula is C11H23NOS. The van der Waals surface area contributed by atoms with Crippen molar-refractivity contribution in [3.63, 3.8) is 0 Å². The minimum atomic E-state index is 0.670. The first-order valence-electron chi connectivity index (χ1n) is 5.52. The molecule has 0 amide bonds. The molecule has 3 heteroatoms. The Labute approximate surface area is 92.2 Å². The van der Waals surface area contributed by atoms with Crippen LogP contribution in [0.1, 0.15) is 25.7 Å². The summed E-state index contributed by atoms with van der Waals surface area (Å²) in [5.74, 6) is 1.32. The van der Waals surface area contributed by atoms with Gasteiger partial charge in [0, 0.05) is 20.2 Å². The SMILES string of the molecule is COCCNCC1(CCCSC)CC1. The van der Waals surface area contributed by atoms with E-state index in [4.69, 9.17) is 4.74 Å². The van der Waals surface area contributed by atoms with Crippen LogP contribution in [-0.4, -0.2) is 38.8 Å². The highest BCUT2D eigenvalue weighted by molar-refractivity contribution is 7.98. The summed E-state index contributed by atoms with van der Waals surface area (Å²) in [6, 6.07) is 0. The number of ether oxygens (including phenoxy) is 1. The highest BCUT2D eigenvalue weighted by Crippen LogP contribution is 2.49. The van der Waals surface area contributed by atoms with Gasteiger partial charge in [0.1, 0.15) is 0 Å². The van der Waals surface area contributed by atoms with Crippen LogP contribution in [0, 0.1) is 5.41 Å². The lowest BCUT2D eigenvalue weighted by molar-refractivity contribution is 0.196. The zero-order valence-corrected chi connectivity index (χ0v) is 10.3. The molecule has 1 N–H and O–H groups in total. The van der Waals surface area contributed by atoms with E-state index in [0.29, 0.717) is 5.41 Å². The van der Waals surface area contributed by atoms with Crippen molar-refractivity contribution in [2.75, 3.05) is 38.8 Å². The van der Waals surface area contributed by atoms with Gasteiger partial charge in [-0.1, -0.05) is 0 Å². The highest BCUT2D eigenvalue weighted by Gasteiger charge is 2.40. The quantitative estimate of drug-likeness (QED) is 0.598. The second kappa shape index (κ2) is 6.70. The fourth-order valence-electron chi connectivity index (χ4n) is 1.81. The number of nitrogens with one attached hydrogen (secondary N) is 1. The van der Waals surface area contributed by atoms with Crippen molar-refractivity contribution in [2.45, 2.75) is 25.7 Å². The summed E-state index contributed by atoms with van der Waals surface area (Å²) in [6.07, 6.45) is 7.85. The molecule has 1 aliphatic carbocycles. The minimum Gasteiger partial charge on any atom is -0.383 e. The topological polar surface area (TPSA) is 21.3 Å². The number of hydrogen-bond donors (Lipinski definition) is 1. The molecule has 0 aliphatic heterocycles. The largest absolute Gasteiger partial charge is 0.383 e. The second-order valence-corrected chi connectivity index (χ2v) is 5.25. The molecule has 0 unspecified atom stereocenters. The summed E-state index contributed by atoms with van der Waals surface area (Å²) in [5.41, 5.74) is 0.670. The van der Waals surface area contributed by atoms with E-state index >= 15 is 0 Å². The lowest BCUT2D eigenvalue weighted by Crippen LogP contribution is -2.27. The van der Waals surface area contributed by atoms with Gasteiger partial charge < -0.3 is 10.1 Å². The summed E-state index contributed by atoms with van der Waals surface area (Å²) in [4.78, 5) is 0. The average molecular weight is 217 g/mol. The number of rotatable bonds is 9. The second-order valence-electron chi connectivity index (χ2n) is 4.27. The van der Waals surface area contributed by atoms with Gasteiger partial charge in [0.2, 0.25) is 0 Å². The van der Waals surface area contributed by atoms with Crippen LogP contribution in [0.25, 0.3) is 0 Å². The van der Waals surface area contributed by atoms with Crippen LogP contribution in [0.2, 0.25) is 0 Å². The first-order valence-corrected chi connectivity index (χ1v) is 6.91. The fraction of sp³-hybridized carbons (Fsp3) is 1.00. The van der Waals surface area contributed by atoms with Crippen LogP contribution in [0.15, 0.2) is 0 Å². The molecule has 0 heterocycles. The van der Waals surface area contributed by atoms with Crippen LogP contribution in [0.4, 0.5) is 0 Å². The summed E-state index contributed by atoms with van der Waals surface area (Å²) in [6.45, 7) is 3.03. The number of thioether (sulfide) groups is 1. The van der Waals surface area contributed by atoms with Gasteiger partial charge in [-0.3, -0.25) is 0 Å². The lowest BCUT2D eigenvalue weighted by atomic mass is 10.0. The molecule has 1 saturated carbocycles. The predicted molar refractivity (Wildman–Crippen MR) is 64.0 cm³/mol. The Bertz CT molecular complexity index is 148. The van der Waals surface area contributed by atoms with Gasteiger partial charge in [-0.15, -0.1) is 0 Å². The first-order chi connectivity index (χ1) is 6.83. The van der Waals surface area contributed by atoms with Gasteiger partial charge in [0.15, 0.2) is 0 Å². The van der Waals surface area contributed by atoms with Crippen molar-refractivity contribution in [3.8, 4) is 0 Å². The highest BCUT2D eigenvalue weighted by atomic mass is 32.2. The molecule has 0 spiro atoms. The zero-order chi connectivity index (χ0) is 10.3. The van der Waals surface area contributed by atoms with Crippen molar-refractivity contribution in [1.29, 1.82) is 0 Å². The third-order valence-corrected chi connectivity index (χ3v) is 3.69. The Morgan fingerprint density at radius 1 is 1.43 bits per heavy atom. The van der Waals surface area contributed by atoms with E-state index < -0.39 is 0 Å². The molecule has 0 aromatic carbocycles. The maximum Gasteiger partial charge on any atom is 0.0587 e. The number of methoxy groups -OCH3 is 1. The monoisotopic (exact) mass is 217 g/mol. The van der Waals surface area contributed by atoms with E-state index in [9.17, 15) is 0 Å². The molecule has 0 saturated heterocycles. The van der Waals surface area contributed by atoms with E-state index in [2.05, 4.69) is 11.6 Å². The molecular weight excluding hydrogens is 194 g/mol. The van der Waals surface area contributed by atoms with E-state index in [-0.39, 0.29) is 0 Å². The smallest absolute Gasteiger partial charge is 0.0587 e. The Morgan fingerprint density at radius 2 is 2.21 bits per heavy atom. The van der Waals surface area contributed by atoms with E-state index in [1.807, 2.05) is 11.8 Å². The molecule has 0 aromatic rings. The molecule has 1 rings (SSSR count). The van der Waals surface area contributed by atoms with Crippen molar-refractivity contribution in [2.24, 2.45) is 5.41 Å². The van der Waals surface area contributed by atoms with Crippen LogP contribution in [0.5, 0.6) is 0 Å². The third kappa shape index (κ3) is 4.67. The molecule has 0 aromatic heterocycles. The maximum atomic E-state index is 5.01. The van der Waals surface area contributed by atoms with Gasteiger partial charge in [-0.05, 0) is 43.1 Å². The van der Waals surface area contributed by atoms with Crippen molar-refractivity contribution < 1.29 is 4.74 Å². The lowest BCUT2D eigenvalue weighted by Gasteiger charge is -2.15. The van der Waals surface area contributed by atoms with E-state index in [0.717, 1.165) is 13.2 Å². The average Bonchev–Trinajstić information content (AvgIpc) is 2.94. The van der Waals surface area contributed by atoms with E-state index in [1.165, 1.54) is 38.0 Å². The molecule has 0 atom stereocenters. The fourth-order valence-corrected chi connectivity index (χ4v) is 2.24. The number of hydrogen-bond acceptors (Lipinski definition) is 3. The maximum absolute atomic E-state index is 5.01. The zero-order valence-electron chi connectivity index (χ0n) is 9.47. The summed E-state index contributed by atoms with van der Waals surface area (Å²) < 4.78 is 5.01. The van der Waals surface area contributed by atoms with Crippen LogP contribution >= 0.6 is 11.8 Å². The van der Waals surface area contributed by atoms with Gasteiger partial charge >= 0.3 is 0 Å². The van der Waals surface area contributed by atoms with Crippen LogP contribution in [-0.2, 0) is 4.74 Å². The molecule has 84 valence electrons. The predicted octanol–water partition coefficient (Wildman–Crippen LogP) is 2.15. The van der Waals surface area contributed by atoms with Crippen molar-refractivity contribution in [1.82, 2.24) is 5.32 Å². The standard InChI is InChI=1S/C11H23NOS/c1-13-8-7-12-10-11(5-6-11)4-3-9-14-2/h12H,3-10H2,1-2H3. The Kier molecular flexibility index (Phi) is 5.90. The Hall–Kier alpha value is 0.270. The van der Waals surface area contributed by atoms with Crippen LogP contribution in [0.3, 0.4) is 0 Å². The minimum absolute atomic E-state index is 0.670. The molecule has 1 aliphatic rings. The normalized spacial score (nSPS) is 18.4. The summed E-state index contributed by atoms with van der Waals surface area (Å²) in [7, 11) is 1.76. The van der Waals surface area contributed by atoms with Crippen LogP contribution < -0.4 is 5.32 Å². The molecule has 0 radical (unpaired) electrons. The molecule has 2 nitrogen and oxygen atoms in total. The molecule has 1 fully saturated rings. The summed E-state index contributed by atoms with van der Waals surface area (Å²) >= 11 is 1.96. The van der Waals surface area contributed by atoms with Gasteiger partial charge in [-0.25, -0.2) is 0 Å². The van der Waals surface area contributed by atoms with E-state index in [1.54, 1.807) is 7.11 Å². The van der Waals surface area contributed by atoms with Gasteiger partial charge in [0.05, 0.1) is 6.61 Å². The first kappa shape index (κ1) is 12.3. The molecule has 0 bridgehead atoms.